The summed E-state index contributed by atoms with van der Waals surface area (Å²) < 4.78 is 10.5. The Morgan fingerprint density at radius 3 is 3.20 bits per heavy atom. The van der Waals surface area contributed by atoms with Crippen LogP contribution in [0.15, 0.2) is 0 Å². The van der Waals surface area contributed by atoms with Gasteiger partial charge in [-0.15, -0.1) is 0 Å². The minimum atomic E-state index is -0.930. The van der Waals surface area contributed by atoms with Crippen molar-refractivity contribution in [2.75, 3.05) is 32.9 Å². The normalized spacial score (nSPS) is 21.0. The van der Waals surface area contributed by atoms with Crippen molar-refractivity contribution in [1.82, 2.24) is 4.90 Å². The van der Waals surface area contributed by atoms with E-state index in [-0.39, 0.29) is 6.10 Å². The number of amides is 1. The van der Waals surface area contributed by atoms with Gasteiger partial charge in [-0.2, -0.15) is 5.26 Å². The van der Waals surface area contributed by atoms with Crippen LogP contribution in [0.3, 0.4) is 0 Å². The molecular formula is C9H14N2O4. The second-order valence-electron chi connectivity index (χ2n) is 3.20. The predicted octanol–water partition coefficient (Wildman–Crippen LogP) is 0.295. The summed E-state index contributed by atoms with van der Waals surface area (Å²) in [5.41, 5.74) is 0. The van der Waals surface area contributed by atoms with Gasteiger partial charge in [-0.3, -0.25) is 0 Å². The second kappa shape index (κ2) is 6.22. The zero-order valence-electron chi connectivity index (χ0n) is 8.39. The summed E-state index contributed by atoms with van der Waals surface area (Å²) in [7, 11) is 0. The van der Waals surface area contributed by atoms with Gasteiger partial charge in [-0.25, -0.2) is 4.79 Å². The Hall–Kier alpha value is -1.32. The van der Waals surface area contributed by atoms with Gasteiger partial charge in [0.2, 0.25) is 0 Å². The molecule has 15 heavy (non-hydrogen) atoms. The molecule has 0 aromatic heterocycles. The minimum absolute atomic E-state index is 0.214. The summed E-state index contributed by atoms with van der Waals surface area (Å²) in [4.78, 5) is 12.0. The van der Waals surface area contributed by atoms with Crippen molar-refractivity contribution in [3.05, 3.63) is 0 Å². The van der Waals surface area contributed by atoms with Crippen molar-refractivity contribution < 1.29 is 19.4 Å². The Kier molecular flexibility index (Phi) is 4.87. The lowest BCUT2D eigenvalue weighted by Gasteiger charge is -2.30. The standard InChI is InChI=1S/C9H14N2O4/c10-2-1-4-14-7-8-6-11(9(12)13)3-5-15-8/h8H,1,3-7H2,(H,12,13)/t8-/m1/s1. The number of hydrogen-bond donors (Lipinski definition) is 1. The molecule has 0 aromatic carbocycles. The molecule has 84 valence electrons. The highest BCUT2D eigenvalue weighted by Gasteiger charge is 2.23. The van der Waals surface area contributed by atoms with Gasteiger partial charge < -0.3 is 19.5 Å². The zero-order chi connectivity index (χ0) is 11.1. The van der Waals surface area contributed by atoms with Gasteiger partial charge >= 0.3 is 6.09 Å². The van der Waals surface area contributed by atoms with Crippen molar-refractivity contribution in [3.8, 4) is 6.07 Å². The topological polar surface area (TPSA) is 82.8 Å². The van der Waals surface area contributed by atoms with Gasteiger partial charge in [0.1, 0.15) is 0 Å². The van der Waals surface area contributed by atoms with Crippen LogP contribution in [0.1, 0.15) is 6.42 Å². The number of carbonyl (C=O) groups is 1. The lowest BCUT2D eigenvalue weighted by molar-refractivity contribution is -0.0621. The van der Waals surface area contributed by atoms with Gasteiger partial charge in [0.05, 0.1) is 45.0 Å². The van der Waals surface area contributed by atoms with Crippen LogP contribution < -0.4 is 0 Å². The van der Waals surface area contributed by atoms with E-state index in [0.717, 1.165) is 0 Å². The quantitative estimate of drug-likeness (QED) is 0.680. The first kappa shape index (κ1) is 11.8. The number of rotatable bonds is 4. The summed E-state index contributed by atoms with van der Waals surface area (Å²) in [6.45, 7) is 1.85. The molecule has 6 heteroatoms. The summed E-state index contributed by atoms with van der Waals surface area (Å²) in [5.74, 6) is 0. The molecule has 0 spiro atoms. The van der Waals surface area contributed by atoms with Crippen LogP contribution in [0.2, 0.25) is 0 Å². The molecule has 0 bridgehead atoms. The number of hydrogen-bond acceptors (Lipinski definition) is 4. The molecule has 1 N–H and O–H groups in total. The van der Waals surface area contributed by atoms with Crippen LogP contribution in [0, 0.1) is 11.3 Å². The van der Waals surface area contributed by atoms with Crippen LogP contribution in [0.25, 0.3) is 0 Å². The van der Waals surface area contributed by atoms with E-state index in [0.29, 0.717) is 39.3 Å². The van der Waals surface area contributed by atoms with Gasteiger partial charge in [-0.05, 0) is 0 Å². The van der Waals surface area contributed by atoms with Crippen LogP contribution >= 0.6 is 0 Å². The number of nitriles is 1. The number of ether oxygens (including phenoxy) is 2. The highest BCUT2D eigenvalue weighted by atomic mass is 16.5. The van der Waals surface area contributed by atoms with Crippen molar-refractivity contribution in [2.24, 2.45) is 0 Å². The van der Waals surface area contributed by atoms with Crippen LogP contribution in [-0.2, 0) is 9.47 Å². The monoisotopic (exact) mass is 214 g/mol. The summed E-state index contributed by atoms with van der Waals surface area (Å²) in [5, 5.41) is 17.0. The van der Waals surface area contributed by atoms with E-state index in [1.165, 1.54) is 4.90 Å². The average molecular weight is 214 g/mol. The third-order valence-corrected chi connectivity index (χ3v) is 2.07. The Morgan fingerprint density at radius 2 is 2.53 bits per heavy atom. The minimum Gasteiger partial charge on any atom is -0.465 e. The molecule has 0 unspecified atom stereocenters. The largest absolute Gasteiger partial charge is 0.465 e. The summed E-state index contributed by atoms with van der Waals surface area (Å²) in [6.07, 6.45) is -0.802. The molecule has 0 radical (unpaired) electrons. The maximum absolute atomic E-state index is 10.7. The average Bonchev–Trinajstić information content (AvgIpc) is 2.25. The molecule has 1 aliphatic rings. The van der Waals surface area contributed by atoms with Crippen LogP contribution in [0.4, 0.5) is 4.79 Å². The van der Waals surface area contributed by atoms with E-state index in [2.05, 4.69) is 0 Å². The van der Waals surface area contributed by atoms with Crippen molar-refractivity contribution in [3.63, 3.8) is 0 Å². The molecule has 1 rings (SSSR count). The molecule has 1 fully saturated rings. The fourth-order valence-corrected chi connectivity index (χ4v) is 1.33. The van der Waals surface area contributed by atoms with Gasteiger partial charge in [0.15, 0.2) is 0 Å². The van der Waals surface area contributed by atoms with Gasteiger partial charge in [-0.1, -0.05) is 0 Å². The molecule has 0 aliphatic carbocycles. The first-order chi connectivity index (χ1) is 7.24. The fraction of sp³-hybridized carbons (Fsp3) is 0.778. The van der Waals surface area contributed by atoms with Crippen molar-refractivity contribution in [1.29, 1.82) is 5.26 Å². The van der Waals surface area contributed by atoms with E-state index >= 15 is 0 Å². The second-order valence-corrected chi connectivity index (χ2v) is 3.20. The molecule has 6 nitrogen and oxygen atoms in total. The maximum Gasteiger partial charge on any atom is 0.407 e. The Labute approximate surface area is 88.0 Å². The highest BCUT2D eigenvalue weighted by molar-refractivity contribution is 5.65. The van der Waals surface area contributed by atoms with E-state index in [9.17, 15) is 4.79 Å². The number of morpholine rings is 1. The zero-order valence-corrected chi connectivity index (χ0v) is 8.39. The van der Waals surface area contributed by atoms with E-state index < -0.39 is 6.09 Å². The number of carboxylic acid groups (broad SMARTS) is 1. The third kappa shape index (κ3) is 4.14. The van der Waals surface area contributed by atoms with E-state index in [4.69, 9.17) is 19.8 Å². The van der Waals surface area contributed by atoms with Gasteiger partial charge in [0.25, 0.3) is 0 Å². The molecule has 1 atom stereocenters. The molecule has 0 saturated carbocycles. The summed E-state index contributed by atoms with van der Waals surface area (Å²) >= 11 is 0. The van der Waals surface area contributed by atoms with Crippen molar-refractivity contribution >= 4 is 6.09 Å². The Bertz CT molecular complexity index is 251. The molecule has 1 amide bonds. The first-order valence-corrected chi connectivity index (χ1v) is 4.78. The summed E-state index contributed by atoms with van der Waals surface area (Å²) in [6, 6.07) is 1.96. The number of nitrogens with zero attached hydrogens (tertiary/aromatic N) is 2. The molecule has 0 aromatic rings. The lowest BCUT2D eigenvalue weighted by atomic mass is 10.3. The first-order valence-electron chi connectivity index (χ1n) is 4.78. The predicted molar refractivity (Wildman–Crippen MR) is 50.4 cm³/mol. The van der Waals surface area contributed by atoms with Crippen LogP contribution in [-0.4, -0.2) is 55.1 Å². The Balaban J connectivity index is 2.19. The molecule has 1 aliphatic heterocycles. The molecule has 1 saturated heterocycles. The SMILES string of the molecule is N#CCCOC[C@H]1CN(C(=O)O)CCO1. The molecular weight excluding hydrogens is 200 g/mol. The molecule has 1 heterocycles. The highest BCUT2D eigenvalue weighted by Crippen LogP contribution is 2.05. The van der Waals surface area contributed by atoms with Crippen LogP contribution in [0.5, 0.6) is 0 Å². The smallest absolute Gasteiger partial charge is 0.407 e. The van der Waals surface area contributed by atoms with Crippen molar-refractivity contribution in [2.45, 2.75) is 12.5 Å². The van der Waals surface area contributed by atoms with E-state index in [1.807, 2.05) is 6.07 Å². The fourth-order valence-electron chi connectivity index (χ4n) is 1.33. The van der Waals surface area contributed by atoms with E-state index in [1.54, 1.807) is 0 Å². The maximum atomic E-state index is 10.7. The third-order valence-electron chi connectivity index (χ3n) is 2.07. The Morgan fingerprint density at radius 1 is 1.73 bits per heavy atom. The lowest BCUT2D eigenvalue weighted by Crippen LogP contribution is -2.46. The van der Waals surface area contributed by atoms with Gasteiger partial charge in [0, 0.05) is 6.54 Å².